The summed E-state index contributed by atoms with van der Waals surface area (Å²) in [7, 11) is 0. The number of likely N-dealkylation sites (tertiary alicyclic amines) is 1. The van der Waals surface area contributed by atoms with Crippen molar-refractivity contribution >= 4 is 11.7 Å². The summed E-state index contributed by atoms with van der Waals surface area (Å²) in [5.41, 5.74) is 0.170. The van der Waals surface area contributed by atoms with Gasteiger partial charge >= 0.3 is 6.03 Å². The summed E-state index contributed by atoms with van der Waals surface area (Å²) < 4.78 is 39.8. The number of benzene rings is 1. The van der Waals surface area contributed by atoms with Crippen molar-refractivity contribution in [3.63, 3.8) is 0 Å². The van der Waals surface area contributed by atoms with Crippen molar-refractivity contribution in [2.75, 3.05) is 18.4 Å². The molecular weight excluding hydrogens is 347 g/mol. The van der Waals surface area contributed by atoms with Crippen molar-refractivity contribution in [1.29, 1.82) is 0 Å². The molecule has 2 aromatic rings. The second kappa shape index (κ2) is 7.74. The lowest BCUT2D eigenvalue weighted by Crippen LogP contribution is -2.42. The van der Waals surface area contributed by atoms with Gasteiger partial charge in [0.1, 0.15) is 0 Å². The van der Waals surface area contributed by atoms with Gasteiger partial charge in [0.05, 0.1) is 17.5 Å². The van der Waals surface area contributed by atoms with Crippen LogP contribution in [-0.2, 0) is 0 Å². The van der Waals surface area contributed by atoms with Crippen LogP contribution < -0.4 is 5.32 Å². The van der Waals surface area contributed by atoms with Gasteiger partial charge < -0.3 is 15.3 Å². The molecule has 0 aliphatic carbocycles. The van der Waals surface area contributed by atoms with Crippen LogP contribution in [0.25, 0.3) is 0 Å². The summed E-state index contributed by atoms with van der Waals surface area (Å²) in [6, 6.07) is 6.44. The van der Waals surface area contributed by atoms with Gasteiger partial charge in [-0.25, -0.2) is 18.0 Å². The topological polar surface area (TPSA) is 65.5 Å². The molecule has 0 spiro atoms. The molecule has 2 amide bonds. The number of hydrogen-bond donors (Lipinski definition) is 2. The van der Waals surface area contributed by atoms with Crippen LogP contribution in [0.2, 0.25) is 0 Å². The van der Waals surface area contributed by atoms with Gasteiger partial charge in [0.25, 0.3) is 0 Å². The van der Waals surface area contributed by atoms with E-state index in [1.54, 1.807) is 24.4 Å². The molecule has 8 heteroatoms. The number of carbonyl (C=O) groups is 1. The Labute approximate surface area is 148 Å². The van der Waals surface area contributed by atoms with Gasteiger partial charge in [0, 0.05) is 19.3 Å². The number of anilines is 1. The Morgan fingerprint density at radius 2 is 1.88 bits per heavy atom. The highest BCUT2D eigenvalue weighted by Gasteiger charge is 2.29. The molecule has 0 saturated carbocycles. The predicted molar refractivity (Wildman–Crippen MR) is 88.8 cm³/mol. The zero-order valence-electron chi connectivity index (χ0n) is 13.8. The summed E-state index contributed by atoms with van der Waals surface area (Å²) in [6.45, 7) is 0.706. The lowest BCUT2D eigenvalue weighted by Gasteiger charge is -2.34. The third-order valence-electron chi connectivity index (χ3n) is 4.54. The number of carbonyl (C=O) groups excluding carboxylic acids is 1. The van der Waals surface area contributed by atoms with E-state index in [2.05, 4.69) is 10.3 Å². The molecule has 1 saturated heterocycles. The fourth-order valence-electron chi connectivity index (χ4n) is 3.03. The lowest BCUT2D eigenvalue weighted by molar-refractivity contribution is 0.0652. The van der Waals surface area contributed by atoms with E-state index in [0.717, 1.165) is 12.1 Å². The van der Waals surface area contributed by atoms with E-state index in [9.17, 15) is 23.1 Å². The molecule has 138 valence electrons. The third-order valence-corrected chi connectivity index (χ3v) is 4.54. The Hall–Kier alpha value is -2.61. The molecule has 5 nitrogen and oxygen atoms in total. The van der Waals surface area contributed by atoms with Crippen molar-refractivity contribution < 1.29 is 23.1 Å². The van der Waals surface area contributed by atoms with Crippen LogP contribution in [0.5, 0.6) is 0 Å². The molecule has 2 heterocycles. The van der Waals surface area contributed by atoms with Gasteiger partial charge in [-0.1, -0.05) is 6.07 Å². The molecule has 1 aromatic heterocycles. The van der Waals surface area contributed by atoms with Gasteiger partial charge in [-0.3, -0.25) is 4.98 Å². The molecule has 0 radical (unpaired) electrons. The third kappa shape index (κ3) is 3.80. The van der Waals surface area contributed by atoms with E-state index in [-0.39, 0.29) is 5.92 Å². The quantitative estimate of drug-likeness (QED) is 0.819. The summed E-state index contributed by atoms with van der Waals surface area (Å²) in [5.74, 6) is -4.42. The van der Waals surface area contributed by atoms with Crippen LogP contribution >= 0.6 is 0 Å². The van der Waals surface area contributed by atoms with E-state index in [1.807, 2.05) is 0 Å². The SMILES string of the molecule is O=C(Nc1ccc(F)c(F)c1F)N1CCC([C@@H](O)c2ccccn2)CC1. The number of aromatic nitrogens is 1. The van der Waals surface area contributed by atoms with Crippen LogP contribution in [0.1, 0.15) is 24.6 Å². The minimum atomic E-state index is -1.63. The van der Waals surface area contributed by atoms with Crippen molar-refractivity contribution in [2.24, 2.45) is 5.92 Å². The molecule has 3 rings (SSSR count). The van der Waals surface area contributed by atoms with Gasteiger partial charge in [0.2, 0.25) is 0 Å². The zero-order valence-corrected chi connectivity index (χ0v) is 13.8. The molecule has 1 aliphatic heterocycles. The van der Waals surface area contributed by atoms with E-state index in [4.69, 9.17) is 0 Å². The normalized spacial score (nSPS) is 16.4. The second-order valence-corrected chi connectivity index (χ2v) is 6.18. The highest BCUT2D eigenvalue weighted by Crippen LogP contribution is 2.30. The highest BCUT2D eigenvalue weighted by molar-refractivity contribution is 5.89. The van der Waals surface area contributed by atoms with E-state index < -0.39 is 35.3 Å². The molecule has 1 atom stereocenters. The number of aliphatic hydroxyl groups is 1. The Balaban J connectivity index is 1.58. The maximum absolute atomic E-state index is 13.7. The molecule has 1 aromatic carbocycles. The minimum absolute atomic E-state index is 0.0473. The van der Waals surface area contributed by atoms with Crippen LogP contribution in [-0.4, -0.2) is 34.1 Å². The molecule has 1 aliphatic rings. The number of halogens is 3. The first-order valence-electron chi connectivity index (χ1n) is 8.26. The van der Waals surface area contributed by atoms with E-state index in [0.29, 0.717) is 31.6 Å². The molecule has 0 bridgehead atoms. The number of aliphatic hydroxyl groups excluding tert-OH is 1. The maximum Gasteiger partial charge on any atom is 0.321 e. The average molecular weight is 365 g/mol. The first-order valence-corrected chi connectivity index (χ1v) is 8.26. The summed E-state index contributed by atoms with van der Waals surface area (Å²) in [5, 5.41) is 12.6. The van der Waals surface area contributed by atoms with Gasteiger partial charge in [-0.05, 0) is 43.0 Å². The fraction of sp³-hybridized carbons (Fsp3) is 0.333. The Morgan fingerprint density at radius 3 is 2.54 bits per heavy atom. The molecule has 0 unspecified atom stereocenters. The number of nitrogens with zero attached hydrogens (tertiary/aromatic N) is 2. The fourth-order valence-corrected chi connectivity index (χ4v) is 3.03. The zero-order chi connectivity index (χ0) is 18.7. The van der Waals surface area contributed by atoms with E-state index in [1.165, 1.54) is 4.90 Å². The van der Waals surface area contributed by atoms with Gasteiger partial charge in [-0.15, -0.1) is 0 Å². The number of hydrogen-bond acceptors (Lipinski definition) is 3. The largest absolute Gasteiger partial charge is 0.387 e. The number of urea groups is 1. The molecule has 2 N–H and O–H groups in total. The smallest absolute Gasteiger partial charge is 0.321 e. The second-order valence-electron chi connectivity index (χ2n) is 6.18. The Kier molecular flexibility index (Phi) is 5.41. The number of nitrogens with one attached hydrogen (secondary N) is 1. The van der Waals surface area contributed by atoms with Gasteiger partial charge in [0.15, 0.2) is 17.5 Å². The van der Waals surface area contributed by atoms with Crippen LogP contribution in [0.4, 0.5) is 23.7 Å². The minimum Gasteiger partial charge on any atom is -0.387 e. The van der Waals surface area contributed by atoms with Crippen molar-refractivity contribution in [3.8, 4) is 0 Å². The summed E-state index contributed by atoms with van der Waals surface area (Å²) in [4.78, 5) is 17.8. The number of amides is 2. The molecule has 26 heavy (non-hydrogen) atoms. The predicted octanol–water partition coefficient (Wildman–Crippen LogP) is 3.48. The summed E-state index contributed by atoms with van der Waals surface area (Å²) >= 11 is 0. The van der Waals surface area contributed by atoms with Crippen molar-refractivity contribution in [2.45, 2.75) is 18.9 Å². The number of rotatable bonds is 3. The Bertz CT molecular complexity index is 781. The average Bonchev–Trinajstić information content (AvgIpc) is 2.68. The monoisotopic (exact) mass is 365 g/mol. The maximum atomic E-state index is 13.7. The van der Waals surface area contributed by atoms with E-state index >= 15 is 0 Å². The van der Waals surface area contributed by atoms with Crippen LogP contribution in [0, 0.1) is 23.4 Å². The van der Waals surface area contributed by atoms with Crippen molar-refractivity contribution in [3.05, 3.63) is 59.7 Å². The number of pyridine rings is 1. The first kappa shape index (κ1) is 18.2. The molecular formula is C18H18F3N3O2. The standard InChI is InChI=1S/C18H18F3N3O2/c19-12-4-5-13(16(21)15(12)20)23-18(26)24-9-6-11(7-10-24)17(25)14-3-1-2-8-22-14/h1-5,8,11,17,25H,6-7,9-10H2,(H,23,26)/t17-/m1/s1. The van der Waals surface area contributed by atoms with Crippen molar-refractivity contribution in [1.82, 2.24) is 9.88 Å². The van der Waals surface area contributed by atoms with Gasteiger partial charge in [-0.2, -0.15) is 0 Å². The van der Waals surface area contributed by atoms with Crippen LogP contribution in [0.15, 0.2) is 36.5 Å². The highest BCUT2D eigenvalue weighted by atomic mass is 19.2. The Morgan fingerprint density at radius 1 is 1.15 bits per heavy atom. The van der Waals surface area contributed by atoms with Crippen LogP contribution in [0.3, 0.4) is 0 Å². The summed E-state index contributed by atoms with van der Waals surface area (Å²) in [6.07, 6.45) is 1.99. The lowest BCUT2D eigenvalue weighted by atomic mass is 9.89. The number of piperidine rings is 1. The molecule has 1 fully saturated rings. The first-order chi connectivity index (χ1) is 12.5.